The topological polar surface area (TPSA) is 37.8 Å². The smallest absolute Gasteiger partial charge is 0.224 e. The molecule has 0 saturated carbocycles. The Hall–Kier alpha value is -1.13. The minimum absolute atomic E-state index is 0.230. The van der Waals surface area contributed by atoms with Crippen LogP contribution in [0.15, 0.2) is 34.9 Å². The number of aryl methyl sites for hydroxylation is 1. The fraction of sp³-hybridized carbons (Fsp3) is 0.0909. The van der Waals surface area contributed by atoms with Crippen LogP contribution in [0, 0.1) is 6.92 Å². The Bertz CT molecular complexity index is 516. The van der Waals surface area contributed by atoms with Gasteiger partial charge in [-0.05, 0) is 52.2 Å². The molecule has 0 fully saturated rings. The fourth-order valence-electron chi connectivity index (χ4n) is 1.29. The average molecular weight is 299 g/mol. The summed E-state index contributed by atoms with van der Waals surface area (Å²) in [6.45, 7) is 2.03. The molecule has 1 heterocycles. The highest BCUT2D eigenvalue weighted by Gasteiger charge is 2.03. The second-order valence-electron chi connectivity index (χ2n) is 3.27. The summed E-state index contributed by atoms with van der Waals surface area (Å²) < 4.78 is 1.02. The van der Waals surface area contributed by atoms with Gasteiger partial charge >= 0.3 is 0 Å². The first-order valence-corrected chi connectivity index (χ1v) is 5.84. The zero-order valence-corrected chi connectivity index (χ0v) is 10.9. The zero-order chi connectivity index (χ0) is 11.5. The minimum atomic E-state index is 0.230. The molecule has 1 N–H and O–H groups in total. The third-order valence-corrected chi connectivity index (χ3v) is 3.32. The van der Waals surface area contributed by atoms with E-state index in [1.165, 1.54) is 0 Å². The molecule has 0 unspecified atom stereocenters. The second kappa shape index (κ2) is 4.80. The van der Waals surface area contributed by atoms with Crippen molar-refractivity contribution in [3.05, 3.63) is 45.8 Å². The summed E-state index contributed by atoms with van der Waals surface area (Å²) >= 11 is 9.23. The highest BCUT2D eigenvalue weighted by Crippen LogP contribution is 2.27. The maximum atomic E-state index is 5.71. The Morgan fingerprint density at radius 3 is 2.88 bits per heavy atom. The van der Waals surface area contributed by atoms with E-state index in [1.54, 1.807) is 12.3 Å². The fourth-order valence-corrected chi connectivity index (χ4v) is 1.80. The number of benzene rings is 1. The summed E-state index contributed by atoms with van der Waals surface area (Å²) in [5.41, 5.74) is 2.11. The molecule has 16 heavy (non-hydrogen) atoms. The SMILES string of the molecule is Cc1cccc(Nc2ccnc(Cl)n2)c1Br. The lowest BCUT2D eigenvalue weighted by Gasteiger charge is -2.09. The number of rotatable bonds is 2. The first-order chi connectivity index (χ1) is 7.66. The number of aromatic nitrogens is 2. The van der Waals surface area contributed by atoms with E-state index in [9.17, 15) is 0 Å². The Morgan fingerprint density at radius 1 is 1.31 bits per heavy atom. The molecular weight excluding hydrogens is 289 g/mol. The van der Waals surface area contributed by atoms with E-state index in [0.717, 1.165) is 15.7 Å². The van der Waals surface area contributed by atoms with Crippen LogP contribution in [0.4, 0.5) is 11.5 Å². The van der Waals surface area contributed by atoms with Gasteiger partial charge in [-0.3, -0.25) is 0 Å². The highest BCUT2D eigenvalue weighted by atomic mass is 79.9. The molecule has 0 radical (unpaired) electrons. The van der Waals surface area contributed by atoms with E-state index in [1.807, 2.05) is 25.1 Å². The van der Waals surface area contributed by atoms with Crippen LogP contribution in [0.3, 0.4) is 0 Å². The molecule has 0 saturated heterocycles. The van der Waals surface area contributed by atoms with Crippen LogP contribution in [0.5, 0.6) is 0 Å². The van der Waals surface area contributed by atoms with E-state index in [4.69, 9.17) is 11.6 Å². The van der Waals surface area contributed by atoms with Gasteiger partial charge in [0.25, 0.3) is 0 Å². The molecule has 0 amide bonds. The van der Waals surface area contributed by atoms with Crippen LogP contribution >= 0.6 is 27.5 Å². The summed E-state index contributed by atoms with van der Waals surface area (Å²) in [5.74, 6) is 0.673. The van der Waals surface area contributed by atoms with Gasteiger partial charge in [0.2, 0.25) is 5.28 Å². The number of hydrogen-bond acceptors (Lipinski definition) is 3. The van der Waals surface area contributed by atoms with Crippen LogP contribution in [0.25, 0.3) is 0 Å². The van der Waals surface area contributed by atoms with Gasteiger partial charge in [0.1, 0.15) is 5.82 Å². The Balaban J connectivity index is 2.31. The van der Waals surface area contributed by atoms with Crippen LogP contribution in [0.2, 0.25) is 5.28 Å². The number of halogens is 2. The molecule has 0 spiro atoms. The Morgan fingerprint density at radius 2 is 2.12 bits per heavy atom. The van der Waals surface area contributed by atoms with Crippen LogP contribution < -0.4 is 5.32 Å². The maximum Gasteiger partial charge on any atom is 0.224 e. The lowest BCUT2D eigenvalue weighted by Crippen LogP contribution is -1.96. The lowest BCUT2D eigenvalue weighted by molar-refractivity contribution is 1.17. The van der Waals surface area contributed by atoms with Gasteiger partial charge in [0.05, 0.1) is 5.69 Å². The summed E-state index contributed by atoms with van der Waals surface area (Å²) in [6.07, 6.45) is 1.61. The maximum absolute atomic E-state index is 5.71. The number of nitrogens with one attached hydrogen (secondary N) is 1. The molecule has 0 aliphatic rings. The van der Waals surface area contributed by atoms with Gasteiger partial charge in [-0.15, -0.1) is 0 Å². The molecule has 0 aliphatic carbocycles. The van der Waals surface area contributed by atoms with Crippen LogP contribution in [0.1, 0.15) is 5.56 Å². The van der Waals surface area contributed by atoms with Gasteiger partial charge in [0, 0.05) is 10.7 Å². The van der Waals surface area contributed by atoms with Crippen molar-refractivity contribution in [3.8, 4) is 0 Å². The van der Waals surface area contributed by atoms with Crippen molar-refractivity contribution in [2.24, 2.45) is 0 Å². The predicted molar refractivity (Wildman–Crippen MR) is 69.2 cm³/mol. The van der Waals surface area contributed by atoms with Gasteiger partial charge < -0.3 is 5.32 Å². The number of hydrogen-bond donors (Lipinski definition) is 1. The first kappa shape index (κ1) is 11.4. The monoisotopic (exact) mass is 297 g/mol. The van der Waals surface area contributed by atoms with Crippen molar-refractivity contribution in [1.82, 2.24) is 9.97 Å². The average Bonchev–Trinajstić information content (AvgIpc) is 2.25. The lowest BCUT2D eigenvalue weighted by atomic mass is 10.2. The molecule has 82 valence electrons. The van der Waals surface area contributed by atoms with Gasteiger partial charge in [0.15, 0.2) is 0 Å². The van der Waals surface area contributed by atoms with E-state index in [-0.39, 0.29) is 5.28 Å². The van der Waals surface area contributed by atoms with Crippen molar-refractivity contribution in [1.29, 1.82) is 0 Å². The number of anilines is 2. The quantitative estimate of drug-likeness (QED) is 0.853. The summed E-state index contributed by atoms with van der Waals surface area (Å²) in [4.78, 5) is 7.89. The molecule has 2 rings (SSSR count). The first-order valence-electron chi connectivity index (χ1n) is 4.67. The van der Waals surface area contributed by atoms with Crippen molar-refractivity contribution < 1.29 is 0 Å². The molecule has 1 aromatic carbocycles. The molecule has 3 nitrogen and oxygen atoms in total. The minimum Gasteiger partial charge on any atom is -0.339 e. The number of nitrogens with zero attached hydrogens (tertiary/aromatic N) is 2. The molecular formula is C11H9BrClN3. The van der Waals surface area contributed by atoms with E-state index >= 15 is 0 Å². The molecule has 0 aliphatic heterocycles. The second-order valence-corrected chi connectivity index (χ2v) is 4.40. The molecule has 2 aromatic rings. The Labute approximate surface area is 107 Å². The molecule has 0 atom stereocenters. The van der Waals surface area contributed by atoms with Gasteiger partial charge in [-0.2, -0.15) is 0 Å². The summed E-state index contributed by atoms with van der Waals surface area (Å²) in [7, 11) is 0. The normalized spacial score (nSPS) is 10.2. The van der Waals surface area contributed by atoms with Crippen molar-refractivity contribution in [2.45, 2.75) is 6.92 Å². The van der Waals surface area contributed by atoms with E-state index < -0.39 is 0 Å². The largest absolute Gasteiger partial charge is 0.339 e. The van der Waals surface area contributed by atoms with Crippen molar-refractivity contribution in [3.63, 3.8) is 0 Å². The molecule has 5 heteroatoms. The Kier molecular flexibility index (Phi) is 3.41. The van der Waals surface area contributed by atoms with Crippen molar-refractivity contribution in [2.75, 3.05) is 5.32 Å². The molecule has 0 bridgehead atoms. The highest BCUT2D eigenvalue weighted by molar-refractivity contribution is 9.10. The third-order valence-electron chi connectivity index (χ3n) is 2.08. The predicted octanol–water partition coefficient (Wildman–Crippen LogP) is 3.94. The van der Waals surface area contributed by atoms with Crippen LogP contribution in [-0.4, -0.2) is 9.97 Å². The third kappa shape index (κ3) is 2.51. The van der Waals surface area contributed by atoms with Gasteiger partial charge in [-0.1, -0.05) is 12.1 Å². The standard InChI is InChI=1S/C11H9BrClN3/c1-7-3-2-4-8(10(7)12)15-9-5-6-14-11(13)16-9/h2-6H,1H3,(H,14,15,16). The van der Waals surface area contributed by atoms with Crippen molar-refractivity contribution >= 4 is 39.0 Å². The van der Waals surface area contributed by atoms with Crippen LogP contribution in [-0.2, 0) is 0 Å². The summed E-state index contributed by atoms with van der Waals surface area (Å²) in [6, 6.07) is 7.74. The zero-order valence-electron chi connectivity index (χ0n) is 8.54. The molecule has 1 aromatic heterocycles. The van der Waals surface area contributed by atoms with E-state index in [0.29, 0.717) is 5.82 Å². The van der Waals surface area contributed by atoms with Gasteiger partial charge in [-0.25, -0.2) is 9.97 Å². The van der Waals surface area contributed by atoms with E-state index in [2.05, 4.69) is 31.2 Å². The summed E-state index contributed by atoms with van der Waals surface area (Å²) in [5, 5.41) is 3.40.